The Bertz CT molecular complexity index is 195. The highest BCUT2D eigenvalue weighted by atomic mass is 16.5. The summed E-state index contributed by atoms with van der Waals surface area (Å²) in [4.78, 5) is 0. The van der Waals surface area contributed by atoms with Gasteiger partial charge in [-0.2, -0.15) is 0 Å². The second-order valence-corrected chi connectivity index (χ2v) is 6.51. The van der Waals surface area contributed by atoms with Gasteiger partial charge in [-0.15, -0.1) is 6.58 Å². The highest BCUT2D eigenvalue weighted by molar-refractivity contribution is 4.79. The maximum absolute atomic E-state index is 5.74. The minimum atomic E-state index is 0.123. The van der Waals surface area contributed by atoms with Gasteiger partial charge in [0.1, 0.15) is 0 Å². The molecule has 102 valence electrons. The largest absolute Gasteiger partial charge is 0.372 e. The molecular weight excluding hydrogens is 212 g/mol. The van der Waals surface area contributed by atoms with Crippen LogP contribution in [0.2, 0.25) is 0 Å². The summed E-state index contributed by atoms with van der Waals surface area (Å²) in [6, 6.07) is 0. The molecule has 3 nitrogen and oxygen atoms in total. The molecule has 0 fully saturated rings. The van der Waals surface area contributed by atoms with Crippen LogP contribution in [0.1, 0.15) is 41.5 Å². The molecule has 0 aliphatic rings. The van der Waals surface area contributed by atoms with Gasteiger partial charge in [0, 0.05) is 24.2 Å². The number of rotatable bonds is 7. The summed E-state index contributed by atoms with van der Waals surface area (Å²) in [5.41, 5.74) is 0.245. The molecular formula is C14H30N2O. The lowest BCUT2D eigenvalue weighted by atomic mass is 10.1. The fraction of sp³-hybridized carbons (Fsp3) is 0.857. The van der Waals surface area contributed by atoms with Gasteiger partial charge in [-0.05, 0) is 41.5 Å². The van der Waals surface area contributed by atoms with Crippen molar-refractivity contribution in [3.63, 3.8) is 0 Å². The smallest absolute Gasteiger partial charge is 0.0828 e. The Morgan fingerprint density at radius 1 is 1.00 bits per heavy atom. The van der Waals surface area contributed by atoms with E-state index in [0.29, 0.717) is 6.61 Å². The molecule has 0 atom stereocenters. The predicted octanol–water partition coefficient (Wildman–Crippen LogP) is 2.33. The summed E-state index contributed by atoms with van der Waals surface area (Å²) in [7, 11) is 0. The molecule has 0 amide bonds. The van der Waals surface area contributed by atoms with Crippen molar-refractivity contribution in [1.29, 1.82) is 0 Å². The van der Waals surface area contributed by atoms with Crippen molar-refractivity contribution in [3.8, 4) is 0 Å². The van der Waals surface area contributed by atoms with Gasteiger partial charge in [0.15, 0.2) is 0 Å². The molecule has 0 bridgehead atoms. The average molecular weight is 242 g/mol. The van der Waals surface area contributed by atoms with Gasteiger partial charge in [-0.25, -0.2) is 0 Å². The summed E-state index contributed by atoms with van der Waals surface area (Å²) >= 11 is 0. The standard InChI is InChI=1S/C14H30N2O/c1-8-9-17-12(10-15-13(2,3)4)11-16-14(5,6)7/h8,12,15-16H,1,9-11H2,2-7H3. The van der Waals surface area contributed by atoms with Crippen LogP contribution in [0.3, 0.4) is 0 Å². The third-order valence-electron chi connectivity index (χ3n) is 2.17. The fourth-order valence-corrected chi connectivity index (χ4v) is 1.23. The van der Waals surface area contributed by atoms with Gasteiger partial charge in [0.2, 0.25) is 0 Å². The Morgan fingerprint density at radius 3 is 1.71 bits per heavy atom. The van der Waals surface area contributed by atoms with E-state index in [0.717, 1.165) is 13.1 Å². The molecule has 0 aromatic rings. The fourth-order valence-electron chi connectivity index (χ4n) is 1.23. The minimum absolute atomic E-state index is 0.123. The van der Waals surface area contributed by atoms with Crippen molar-refractivity contribution < 1.29 is 4.74 Å². The second-order valence-electron chi connectivity index (χ2n) is 6.51. The average Bonchev–Trinajstić information content (AvgIpc) is 2.13. The lowest BCUT2D eigenvalue weighted by Crippen LogP contribution is -2.48. The van der Waals surface area contributed by atoms with E-state index >= 15 is 0 Å². The highest BCUT2D eigenvalue weighted by Crippen LogP contribution is 2.03. The van der Waals surface area contributed by atoms with Crippen molar-refractivity contribution in [2.75, 3.05) is 19.7 Å². The third-order valence-corrected chi connectivity index (χ3v) is 2.17. The highest BCUT2D eigenvalue weighted by Gasteiger charge is 2.17. The molecule has 3 heteroatoms. The zero-order chi connectivity index (χ0) is 13.5. The molecule has 0 aliphatic carbocycles. The molecule has 0 saturated carbocycles. The van der Waals surface area contributed by atoms with Gasteiger partial charge >= 0.3 is 0 Å². The van der Waals surface area contributed by atoms with E-state index < -0.39 is 0 Å². The zero-order valence-corrected chi connectivity index (χ0v) is 12.4. The Hall–Kier alpha value is -0.380. The normalized spacial score (nSPS) is 13.1. The Kier molecular flexibility index (Phi) is 6.98. The molecule has 2 N–H and O–H groups in total. The monoisotopic (exact) mass is 242 g/mol. The minimum Gasteiger partial charge on any atom is -0.372 e. The molecule has 0 radical (unpaired) electrons. The van der Waals surface area contributed by atoms with Crippen LogP contribution < -0.4 is 10.6 Å². The molecule has 0 aromatic heterocycles. The van der Waals surface area contributed by atoms with Crippen molar-refractivity contribution in [3.05, 3.63) is 12.7 Å². The number of nitrogens with one attached hydrogen (secondary N) is 2. The summed E-state index contributed by atoms with van der Waals surface area (Å²) in [6.07, 6.45) is 1.97. The third kappa shape index (κ3) is 11.9. The molecule has 0 unspecified atom stereocenters. The first kappa shape index (κ1) is 16.6. The number of ether oxygens (including phenoxy) is 1. The summed E-state index contributed by atoms with van der Waals surface area (Å²) < 4.78 is 5.74. The van der Waals surface area contributed by atoms with E-state index in [1.165, 1.54) is 0 Å². The van der Waals surface area contributed by atoms with Crippen LogP contribution in [0, 0.1) is 0 Å². The zero-order valence-electron chi connectivity index (χ0n) is 12.4. The first-order valence-electron chi connectivity index (χ1n) is 6.36. The molecule has 0 aromatic carbocycles. The SMILES string of the molecule is C=CCOC(CNC(C)(C)C)CNC(C)(C)C. The van der Waals surface area contributed by atoms with Crippen LogP contribution in [0.15, 0.2) is 12.7 Å². The molecule has 0 heterocycles. The maximum Gasteiger partial charge on any atom is 0.0828 e. The van der Waals surface area contributed by atoms with Crippen molar-refractivity contribution in [2.24, 2.45) is 0 Å². The Balaban J connectivity index is 4.09. The van der Waals surface area contributed by atoms with Crippen LogP contribution >= 0.6 is 0 Å². The first-order valence-corrected chi connectivity index (χ1v) is 6.36. The van der Waals surface area contributed by atoms with E-state index in [2.05, 4.69) is 58.8 Å². The van der Waals surface area contributed by atoms with E-state index in [1.54, 1.807) is 6.08 Å². The predicted molar refractivity (Wildman–Crippen MR) is 75.4 cm³/mol. The van der Waals surface area contributed by atoms with Crippen LogP contribution in [-0.4, -0.2) is 36.9 Å². The van der Waals surface area contributed by atoms with E-state index in [9.17, 15) is 0 Å². The van der Waals surface area contributed by atoms with Crippen molar-refractivity contribution in [2.45, 2.75) is 58.7 Å². The summed E-state index contributed by atoms with van der Waals surface area (Å²) in [5.74, 6) is 0. The molecule has 0 rings (SSSR count). The van der Waals surface area contributed by atoms with Crippen LogP contribution in [0.4, 0.5) is 0 Å². The number of hydrogen-bond acceptors (Lipinski definition) is 3. The molecule has 17 heavy (non-hydrogen) atoms. The van der Waals surface area contributed by atoms with Gasteiger partial charge in [0.05, 0.1) is 12.7 Å². The van der Waals surface area contributed by atoms with Crippen LogP contribution in [-0.2, 0) is 4.74 Å². The molecule has 0 spiro atoms. The van der Waals surface area contributed by atoms with Gasteiger partial charge in [0.25, 0.3) is 0 Å². The van der Waals surface area contributed by atoms with Crippen LogP contribution in [0.5, 0.6) is 0 Å². The molecule has 0 saturated heterocycles. The van der Waals surface area contributed by atoms with Gasteiger partial charge < -0.3 is 15.4 Å². The number of hydrogen-bond donors (Lipinski definition) is 2. The first-order chi connectivity index (χ1) is 7.64. The van der Waals surface area contributed by atoms with Gasteiger partial charge in [-0.3, -0.25) is 0 Å². The second kappa shape index (κ2) is 7.14. The quantitative estimate of drug-likeness (QED) is 0.672. The van der Waals surface area contributed by atoms with Crippen LogP contribution in [0.25, 0.3) is 0 Å². The summed E-state index contributed by atoms with van der Waals surface area (Å²) in [6.45, 7) is 18.9. The lowest BCUT2D eigenvalue weighted by molar-refractivity contribution is 0.0641. The van der Waals surface area contributed by atoms with E-state index in [1.807, 2.05) is 0 Å². The van der Waals surface area contributed by atoms with E-state index in [4.69, 9.17) is 4.74 Å². The topological polar surface area (TPSA) is 33.3 Å². The van der Waals surface area contributed by atoms with Gasteiger partial charge in [-0.1, -0.05) is 6.08 Å². The Labute approximate surface area is 107 Å². The Morgan fingerprint density at radius 2 is 1.41 bits per heavy atom. The van der Waals surface area contributed by atoms with E-state index in [-0.39, 0.29) is 17.2 Å². The van der Waals surface area contributed by atoms with Crippen molar-refractivity contribution >= 4 is 0 Å². The maximum atomic E-state index is 5.74. The lowest BCUT2D eigenvalue weighted by Gasteiger charge is -2.28. The van der Waals surface area contributed by atoms with Crippen molar-refractivity contribution in [1.82, 2.24) is 10.6 Å². The molecule has 0 aliphatic heterocycles. The summed E-state index contributed by atoms with van der Waals surface area (Å²) in [5, 5.41) is 6.94.